The van der Waals surface area contributed by atoms with Crippen molar-refractivity contribution in [2.24, 2.45) is 0 Å². The normalized spacial score (nSPS) is 18.7. The number of ether oxygens (including phenoxy) is 1. The van der Waals surface area contributed by atoms with Gasteiger partial charge < -0.3 is 10.1 Å². The molecule has 3 rings (SSSR count). The molecular formula is C17H19NO. The fourth-order valence-corrected chi connectivity index (χ4v) is 2.76. The van der Waals surface area contributed by atoms with Crippen molar-refractivity contribution in [3.8, 4) is 5.75 Å². The van der Waals surface area contributed by atoms with Gasteiger partial charge in [-0.1, -0.05) is 42.5 Å². The number of hydrogen-bond acceptors (Lipinski definition) is 2. The van der Waals surface area contributed by atoms with E-state index in [0.29, 0.717) is 6.04 Å². The first kappa shape index (κ1) is 12.2. The van der Waals surface area contributed by atoms with E-state index in [2.05, 4.69) is 55.6 Å². The highest BCUT2D eigenvalue weighted by molar-refractivity contribution is 5.39. The molecular weight excluding hydrogens is 234 g/mol. The van der Waals surface area contributed by atoms with Crippen LogP contribution in [0.2, 0.25) is 0 Å². The van der Waals surface area contributed by atoms with Crippen LogP contribution in [0.1, 0.15) is 35.7 Å². The SMILES string of the molecule is Cc1ccccc1C(C)NC1COc2ccccc21. The van der Waals surface area contributed by atoms with Crippen LogP contribution in [0.25, 0.3) is 0 Å². The standard InChI is InChI=1S/C17H19NO/c1-12-7-3-4-8-14(12)13(2)18-16-11-19-17-10-6-5-9-15(16)17/h3-10,13,16,18H,11H2,1-2H3. The molecule has 0 amide bonds. The first-order valence-corrected chi connectivity index (χ1v) is 6.79. The summed E-state index contributed by atoms with van der Waals surface area (Å²) in [5, 5.41) is 3.67. The molecule has 2 atom stereocenters. The Morgan fingerprint density at radius 3 is 2.68 bits per heavy atom. The summed E-state index contributed by atoms with van der Waals surface area (Å²) < 4.78 is 5.72. The van der Waals surface area contributed by atoms with Gasteiger partial charge in [0, 0.05) is 11.6 Å². The zero-order valence-electron chi connectivity index (χ0n) is 11.4. The number of nitrogens with one attached hydrogen (secondary N) is 1. The minimum absolute atomic E-state index is 0.283. The van der Waals surface area contributed by atoms with Crippen LogP contribution in [-0.2, 0) is 0 Å². The van der Waals surface area contributed by atoms with Crippen LogP contribution >= 0.6 is 0 Å². The summed E-state index contributed by atoms with van der Waals surface area (Å²) >= 11 is 0. The van der Waals surface area contributed by atoms with Crippen LogP contribution < -0.4 is 10.1 Å². The van der Waals surface area contributed by atoms with Crippen LogP contribution in [-0.4, -0.2) is 6.61 Å². The van der Waals surface area contributed by atoms with Crippen molar-refractivity contribution in [2.75, 3.05) is 6.61 Å². The second-order valence-electron chi connectivity index (χ2n) is 5.15. The average molecular weight is 253 g/mol. The molecule has 0 saturated heterocycles. The highest BCUT2D eigenvalue weighted by Gasteiger charge is 2.25. The number of rotatable bonds is 3. The fourth-order valence-electron chi connectivity index (χ4n) is 2.76. The van der Waals surface area contributed by atoms with E-state index < -0.39 is 0 Å². The van der Waals surface area contributed by atoms with Crippen molar-refractivity contribution >= 4 is 0 Å². The second-order valence-corrected chi connectivity index (χ2v) is 5.15. The molecule has 0 aromatic heterocycles. The first-order valence-electron chi connectivity index (χ1n) is 6.79. The Hall–Kier alpha value is -1.80. The maximum Gasteiger partial charge on any atom is 0.124 e. The predicted octanol–water partition coefficient (Wildman–Crippen LogP) is 3.78. The quantitative estimate of drug-likeness (QED) is 0.898. The lowest BCUT2D eigenvalue weighted by atomic mass is 10.0. The molecule has 0 saturated carbocycles. The van der Waals surface area contributed by atoms with E-state index >= 15 is 0 Å². The fraction of sp³-hybridized carbons (Fsp3) is 0.294. The molecule has 1 heterocycles. The van der Waals surface area contributed by atoms with Crippen LogP contribution in [0.5, 0.6) is 5.75 Å². The topological polar surface area (TPSA) is 21.3 Å². The minimum atomic E-state index is 0.283. The van der Waals surface area contributed by atoms with Gasteiger partial charge >= 0.3 is 0 Å². The van der Waals surface area contributed by atoms with E-state index in [4.69, 9.17) is 4.74 Å². The Morgan fingerprint density at radius 1 is 1.11 bits per heavy atom. The zero-order chi connectivity index (χ0) is 13.2. The number of benzene rings is 2. The summed E-state index contributed by atoms with van der Waals surface area (Å²) in [6.45, 7) is 5.09. The molecule has 2 unspecified atom stereocenters. The van der Waals surface area contributed by atoms with Crippen LogP contribution in [0.4, 0.5) is 0 Å². The minimum Gasteiger partial charge on any atom is -0.491 e. The third-order valence-corrected chi connectivity index (χ3v) is 3.81. The molecule has 0 radical (unpaired) electrons. The van der Waals surface area contributed by atoms with Crippen LogP contribution in [0.3, 0.4) is 0 Å². The number of fused-ring (bicyclic) bond motifs is 1. The van der Waals surface area contributed by atoms with Crippen molar-refractivity contribution in [3.05, 3.63) is 65.2 Å². The molecule has 98 valence electrons. The van der Waals surface area contributed by atoms with Crippen LogP contribution in [0, 0.1) is 6.92 Å². The zero-order valence-corrected chi connectivity index (χ0v) is 11.4. The molecule has 1 aliphatic heterocycles. The van der Waals surface area contributed by atoms with Crippen molar-refractivity contribution < 1.29 is 4.74 Å². The second kappa shape index (κ2) is 5.06. The van der Waals surface area contributed by atoms with E-state index in [9.17, 15) is 0 Å². The molecule has 1 N–H and O–H groups in total. The lowest BCUT2D eigenvalue weighted by molar-refractivity contribution is 0.301. The van der Waals surface area contributed by atoms with Crippen molar-refractivity contribution in [2.45, 2.75) is 25.9 Å². The molecule has 19 heavy (non-hydrogen) atoms. The lowest BCUT2D eigenvalue weighted by Gasteiger charge is -2.20. The van der Waals surface area contributed by atoms with Gasteiger partial charge in [-0.05, 0) is 31.0 Å². The van der Waals surface area contributed by atoms with E-state index in [0.717, 1.165) is 12.4 Å². The van der Waals surface area contributed by atoms with Gasteiger partial charge in [-0.15, -0.1) is 0 Å². The summed E-state index contributed by atoms with van der Waals surface area (Å²) in [6, 6.07) is 17.4. The maximum atomic E-state index is 5.72. The Kier molecular flexibility index (Phi) is 3.26. The van der Waals surface area contributed by atoms with Gasteiger partial charge in [0.1, 0.15) is 12.4 Å². The molecule has 2 aromatic carbocycles. The molecule has 0 spiro atoms. The van der Waals surface area contributed by atoms with Gasteiger partial charge in [0.15, 0.2) is 0 Å². The van der Waals surface area contributed by atoms with Crippen molar-refractivity contribution in [1.82, 2.24) is 5.32 Å². The van der Waals surface area contributed by atoms with Gasteiger partial charge in [0.05, 0.1) is 6.04 Å². The molecule has 0 aliphatic carbocycles. The summed E-state index contributed by atoms with van der Waals surface area (Å²) in [5.74, 6) is 1.01. The summed E-state index contributed by atoms with van der Waals surface area (Å²) in [6.07, 6.45) is 0. The Bertz CT molecular complexity index is 579. The van der Waals surface area contributed by atoms with Gasteiger partial charge in [0.2, 0.25) is 0 Å². The molecule has 0 fully saturated rings. The third kappa shape index (κ3) is 2.36. The van der Waals surface area contributed by atoms with E-state index in [1.54, 1.807) is 0 Å². The smallest absolute Gasteiger partial charge is 0.124 e. The Balaban J connectivity index is 1.78. The van der Waals surface area contributed by atoms with Crippen molar-refractivity contribution in [3.63, 3.8) is 0 Å². The largest absolute Gasteiger partial charge is 0.491 e. The molecule has 1 aliphatic rings. The Labute approximate surface area is 114 Å². The summed E-state index contributed by atoms with van der Waals surface area (Å²) in [4.78, 5) is 0. The molecule has 2 heteroatoms. The van der Waals surface area contributed by atoms with Crippen molar-refractivity contribution in [1.29, 1.82) is 0 Å². The molecule has 2 aromatic rings. The average Bonchev–Trinajstić information content (AvgIpc) is 2.83. The first-order chi connectivity index (χ1) is 9.25. The van der Waals surface area contributed by atoms with E-state index in [1.165, 1.54) is 16.7 Å². The number of hydrogen-bond donors (Lipinski definition) is 1. The molecule has 2 nitrogen and oxygen atoms in total. The third-order valence-electron chi connectivity index (χ3n) is 3.81. The monoisotopic (exact) mass is 253 g/mol. The predicted molar refractivity (Wildman–Crippen MR) is 77.4 cm³/mol. The summed E-state index contributed by atoms with van der Waals surface area (Å²) in [7, 11) is 0. The highest BCUT2D eigenvalue weighted by atomic mass is 16.5. The maximum absolute atomic E-state index is 5.72. The van der Waals surface area contributed by atoms with E-state index in [-0.39, 0.29) is 6.04 Å². The summed E-state index contributed by atoms with van der Waals surface area (Å²) in [5.41, 5.74) is 3.95. The highest BCUT2D eigenvalue weighted by Crippen LogP contribution is 2.33. The molecule has 0 bridgehead atoms. The van der Waals surface area contributed by atoms with Gasteiger partial charge in [-0.3, -0.25) is 0 Å². The van der Waals surface area contributed by atoms with Gasteiger partial charge in [0.25, 0.3) is 0 Å². The van der Waals surface area contributed by atoms with Crippen LogP contribution in [0.15, 0.2) is 48.5 Å². The number of para-hydroxylation sites is 1. The Morgan fingerprint density at radius 2 is 1.84 bits per heavy atom. The van der Waals surface area contributed by atoms with Gasteiger partial charge in [-0.25, -0.2) is 0 Å². The lowest BCUT2D eigenvalue weighted by Crippen LogP contribution is -2.26. The number of aryl methyl sites for hydroxylation is 1. The van der Waals surface area contributed by atoms with Gasteiger partial charge in [-0.2, -0.15) is 0 Å². The van der Waals surface area contributed by atoms with E-state index in [1.807, 2.05) is 12.1 Å².